The molecular weight excluding hydrogens is 290 g/mol. The van der Waals surface area contributed by atoms with Crippen molar-refractivity contribution >= 4 is 28.4 Å². The Labute approximate surface area is 136 Å². The summed E-state index contributed by atoms with van der Waals surface area (Å²) in [5, 5.41) is 10.3. The van der Waals surface area contributed by atoms with E-state index in [1.807, 2.05) is 56.3 Å². The van der Waals surface area contributed by atoms with Gasteiger partial charge in [0.2, 0.25) is 5.91 Å². The third-order valence-electron chi connectivity index (χ3n) is 3.78. The van der Waals surface area contributed by atoms with Gasteiger partial charge in [-0.1, -0.05) is 43.3 Å². The number of carbonyl (C=O) groups is 2. The van der Waals surface area contributed by atoms with E-state index in [4.69, 9.17) is 0 Å². The molecule has 3 amide bonds. The number of urea groups is 1. The van der Waals surface area contributed by atoms with Gasteiger partial charge in [-0.15, -0.1) is 0 Å². The zero-order valence-electron chi connectivity index (χ0n) is 13.7. The van der Waals surface area contributed by atoms with Gasteiger partial charge in [-0.3, -0.25) is 4.79 Å². The Morgan fingerprint density at radius 2 is 1.70 bits per heavy atom. The van der Waals surface area contributed by atoms with Crippen LogP contribution in [0, 0.1) is 0 Å². The second-order valence-corrected chi connectivity index (χ2v) is 5.66. The van der Waals surface area contributed by atoms with E-state index < -0.39 is 12.1 Å². The van der Waals surface area contributed by atoms with Crippen LogP contribution in [0.2, 0.25) is 0 Å². The van der Waals surface area contributed by atoms with E-state index in [2.05, 4.69) is 16.0 Å². The maximum Gasteiger partial charge on any atom is 0.319 e. The molecule has 122 valence electrons. The van der Waals surface area contributed by atoms with E-state index in [1.165, 1.54) is 0 Å². The number of amides is 3. The highest BCUT2D eigenvalue weighted by Crippen LogP contribution is 2.22. The highest BCUT2D eigenvalue weighted by molar-refractivity contribution is 6.02. The molecule has 0 saturated carbocycles. The quantitative estimate of drug-likeness (QED) is 0.793. The molecule has 5 heteroatoms. The Bertz CT molecular complexity index is 694. The van der Waals surface area contributed by atoms with Crippen LogP contribution in [0.15, 0.2) is 42.5 Å². The first kappa shape index (κ1) is 16.8. The molecular formula is C18H23N3O2. The second kappa shape index (κ2) is 7.63. The molecule has 5 nitrogen and oxygen atoms in total. The summed E-state index contributed by atoms with van der Waals surface area (Å²) in [6.07, 6.45) is 0.848. The van der Waals surface area contributed by atoms with E-state index in [9.17, 15) is 9.59 Å². The van der Waals surface area contributed by atoms with Gasteiger partial charge in [-0.2, -0.15) is 0 Å². The van der Waals surface area contributed by atoms with Gasteiger partial charge in [0.1, 0.15) is 6.04 Å². The Morgan fingerprint density at radius 3 is 2.43 bits per heavy atom. The molecule has 0 fully saturated rings. The van der Waals surface area contributed by atoms with E-state index in [1.54, 1.807) is 6.92 Å². The van der Waals surface area contributed by atoms with Crippen molar-refractivity contribution < 1.29 is 9.59 Å². The molecule has 0 spiro atoms. The van der Waals surface area contributed by atoms with Gasteiger partial charge in [0.25, 0.3) is 0 Å². The monoisotopic (exact) mass is 313 g/mol. The second-order valence-electron chi connectivity index (χ2n) is 5.66. The van der Waals surface area contributed by atoms with Gasteiger partial charge in [-0.05, 0) is 31.7 Å². The fraction of sp³-hybridized carbons (Fsp3) is 0.333. The molecule has 0 heterocycles. The molecule has 2 aromatic carbocycles. The maximum absolute atomic E-state index is 12.1. The summed E-state index contributed by atoms with van der Waals surface area (Å²) in [4.78, 5) is 24.1. The van der Waals surface area contributed by atoms with Gasteiger partial charge in [0, 0.05) is 11.4 Å². The lowest BCUT2D eigenvalue weighted by Gasteiger charge is -2.18. The minimum Gasteiger partial charge on any atom is -0.352 e. The summed E-state index contributed by atoms with van der Waals surface area (Å²) in [5.74, 6) is -0.188. The van der Waals surface area contributed by atoms with Crippen molar-refractivity contribution in [3.8, 4) is 0 Å². The normalized spacial score (nSPS) is 13.2. The average molecular weight is 313 g/mol. The fourth-order valence-electron chi connectivity index (χ4n) is 2.22. The van der Waals surface area contributed by atoms with E-state index in [0.717, 1.165) is 22.9 Å². The zero-order chi connectivity index (χ0) is 16.8. The number of rotatable bonds is 5. The minimum absolute atomic E-state index is 0.0906. The van der Waals surface area contributed by atoms with Crippen LogP contribution in [-0.4, -0.2) is 24.0 Å². The van der Waals surface area contributed by atoms with Crippen LogP contribution in [-0.2, 0) is 4.79 Å². The van der Waals surface area contributed by atoms with Gasteiger partial charge in [0.05, 0.1) is 5.69 Å². The highest BCUT2D eigenvalue weighted by atomic mass is 16.2. The largest absolute Gasteiger partial charge is 0.352 e. The predicted molar refractivity (Wildman–Crippen MR) is 93.5 cm³/mol. The molecule has 0 bridgehead atoms. The van der Waals surface area contributed by atoms with Crippen LogP contribution in [0.25, 0.3) is 10.8 Å². The summed E-state index contributed by atoms with van der Waals surface area (Å²) in [7, 11) is 0. The number of carbonyl (C=O) groups excluding carboxylic acids is 2. The summed E-state index contributed by atoms with van der Waals surface area (Å²) >= 11 is 0. The van der Waals surface area contributed by atoms with E-state index in [-0.39, 0.29) is 11.9 Å². The maximum atomic E-state index is 12.1. The number of hydrogen-bond acceptors (Lipinski definition) is 2. The molecule has 2 rings (SSSR count). The van der Waals surface area contributed by atoms with E-state index in [0.29, 0.717) is 0 Å². The standard InChI is InChI=1S/C18H23N3O2/c1-4-12(2)19-17(22)13(3)20-18(23)21-16-11-7-9-14-8-5-6-10-15(14)16/h5-13H,4H2,1-3H3,(H,19,22)(H2,20,21,23)/t12-,13+/m0/s1. The minimum atomic E-state index is -0.598. The molecule has 0 aromatic heterocycles. The van der Waals surface area contributed by atoms with Gasteiger partial charge in [-0.25, -0.2) is 4.79 Å². The lowest BCUT2D eigenvalue weighted by Crippen LogP contribution is -2.48. The molecule has 2 aromatic rings. The van der Waals surface area contributed by atoms with Crippen molar-refractivity contribution in [2.75, 3.05) is 5.32 Å². The molecule has 0 aliphatic heterocycles. The van der Waals surface area contributed by atoms with Crippen molar-refractivity contribution in [1.82, 2.24) is 10.6 Å². The molecule has 0 unspecified atom stereocenters. The first-order valence-corrected chi connectivity index (χ1v) is 7.87. The molecule has 23 heavy (non-hydrogen) atoms. The molecule has 2 atom stereocenters. The predicted octanol–water partition coefficient (Wildman–Crippen LogP) is 3.26. The lowest BCUT2D eigenvalue weighted by atomic mass is 10.1. The van der Waals surface area contributed by atoms with E-state index >= 15 is 0 Å². The van der Waals surface area contributed by atoms with Crippen molar-refractivity contribution in [3.63, 3.8) is 0 Å². The van der Waals surface area contributed by atoms with Crippen LogP contribution in [0.1, 0.15) is 27.2 Å². The molecule has 0 saturated heterocycles. The Hall–Kier alpha value is -2.56. The third-order valence-corrected chi connectivity index (χ3v) is 3.78. The number of nitrogens with one attached hydrogen (secondary N) is 3. The molecule has 3 N–H and O–H groups in total. The van der Waals surface area contributed by atoms with Crippen molar-refractivity contribution in [2.24, 2.45) is 0 Å². The Kier molecular flexibility index (Phi) is 5.57. The van der Waals surface area contributed by atoms with Crippen LogP contribution in [0.4, 0.5) is 10.5 Å². The molecule has 0 aliphatic carbocycles. The summed E-state index contributed by atoms with van der Waals surface area (Å²) in [5.41, 5.74) is 0.718. The number of benzene rings is 2. The molecule has 0 aliphatic rings. The number of anilines is 1. The summed E-state index contributed by atoms with van der Waals surface area (Å²) < 4.78 is 0. The molecule has 0 radical (unpaired) electrons. The highest BCUT2D eigenvalue weighted by Gasteiger charge is 2.17. The SMILES string of the molecule is CC[C@H](C)NC(=O)[C@@H](C)NC(=O)Nc1cccc2ccccc12. The smallest absolute Gasteiger partial charge is 0.319 e. The lowest BCUT2D eigenvalue weighted by molar-refractivity contribution is -0.123. The van der Waals surface area contributed by atoms with Crippen molar-refractivity contribution in [3.05, 3.63) is 42.5 Å². The number of fused-ring (bicyclic) bond motifs is 1. The number of hydrogen-bond donors (Lipinski definition) is 3. The fourth-order valence-corrected chi connectivity index (χ4v) is 2.22. The van der Waals surface area contributed by atoms with Crippen LogP contribution < -0.4 is 16.0 Å². The Balaban J connectivity index is 2.00. The topological polar surface area (TPSA) is 70.2 Å². The average Bonchev–Trinajstić information content (AvgIpc) is 2.54. The first-order valence-electron chi connectivity index (χ1n) is 7.87. The summed E-state index contributed by atoms with van der Waals surface area (Å²) in [6, 6.07) is 12.6. The summed E-state index contributed by atoms with van der Waals surface area (Å²) in [6.45, 7) is 5.59. The van der Waals surface area contributed by atoms with Gasteiger partial charge >= 0.3 is 6.03 Å². The first-order chi connectivity index (χ1) is 11.0. The van der Waals surface area contributed by atoms with Gasteiger partial charge < -0.3 is 16.0 Å². The van der Waals surface area contributed by atoms with Gasteiger partial charge in [0.15, 0.2) is 0 Å². The zero-order valence-corrected chi connectivity index (χ0v) is 13.7. The third kappa shape index (κ3) is 4.45. The van der Waals surface area contributed by atoms with Crippen LogP contribution in [0.3, 0.4) is 0 Å². The van der Waals surface area contributed by atoms with Crippen LogP contribution >= 0.6 is 0 Å². The van der Waals surface area contributed by atoms with Crippen molar-refractivity contribution in [2.45, 2.75) is 39.3 Å². The Morgan fingerprint density at radius 1 is 1.00 bits per heavy atom. The van der Waals surface area contributed by atoms with Crippen molar-refractivity contribution in [1.29, 1.82) is 0 Å². The van der Waals surface area contributed by atoms with Crippen LogP contribution in [0.5, 0.6) is 0 Å².